The molecule has 1 unspecified atom stereocenters. The monoisotopic (exact) mass is 242 g/mol. The SMILES string of the molecule is COCC(C)N(C)c1n[nH]c(=S)n1C1CC1. The van der Waals surface area contributed by atoms with E-state index in [0.29, 0.717) is 17.4 Å². The van der Waals surface area contributed by atoms with E-state index in [1.54, 1.807) is 7.11 Å². The number of nitrogens with zero attached hydrogens (tertiary/aromatic N) is 3. The first-order valence-electron chi connectivity index (χ1n) is 5.53. The smallest absolute Gasteiger partial charge is 0.226 e. The van der Waals surface area contributed by atoms with Gasteiger partial charge in [0.2, 0.25) is 5.95 Å². The van der Waals surface area contributed by atoms with Gasteiger partial charge in [-0.15, -0.1) is 5.10 Å². The van der Waals surface area contributed by atoms with E-state index in [-0.39, 0.29) is 6.04 Å². The van der Waals surface area contributed by atoms with Gasteiger partial charge in [0.05, 0.1) is 12.6 Å². The molecule has 90 valence electrons. The molecule has 0 saturated heterocycles. The third kappa shape index (κ3) is 2.12. The molecule has 0 amide bonds. The molecule has 0 bridgehead atoms. The zero-order chi connectivity index (χ0) is 11.7. The molecule has 1 heterocycles. The fraction of sp³-hybridized carbons (Fsp3) is 0.800. The molecule has 1 saturated carbocycles. The summed E-state index contributed by atoms with van der Waals surface area (Å²) in [4.78, 5) is 2.11. The number of rotatable bonds is 5. The van der Waals surface area contributed by atoms with Crippen LogP contribution < -0.4 is 4.90 Å². The summed E-state index contributed by atoms with van der Waals surface area (Å²) < 4.78 is 7.98. The molecule has 1 aromatic rings. The van der Waals surface area contributed by atoms with Crippen LogP contribution in [0.1, 0.15) is 25.8 Å². The second kappa shape index (κ2) is 4.55. The van der Waals surface area contributed by atoms with E-state index in [9.17, 15) is 0 Å². The van der Waals surface area contributed by atoms with Crippen LogP contribution in [0.3, 0.4) is 0 Å². The fourth-order valence-corrected chi connectivity index (χ4v) is 2.03. The van der Waals surface area contributed by atoms with Crippen molar-refractivity contribution in [1.82, 2.24) is 14.8 Å². The Bertz CT molecular complexity index is 409. The van der Waals surface area contributed by atoms with Crippen molar-refractivity contribution in [3.8, 4) is 0 Å². The molecule has 1 aliphatic rings. The summed E-state index contributed by atoms with van der Waals surface area (Å²) in [6, 6.07) is 0.825. The van der Waals surface area contributed by atoms with Gasteiger partial charge in [-0.3, -0.25) is 4.57 Å². The predicted molar refractivity (Wildman–Crippen MR) is 65.4 cm³/mol. The standard InChI is InChI=1S/C10H18N4OS/c1-7(6-15-3)13(2)9-11-12-10(16)14(9)8-4-5-8/h7-8H,4-6H2,1-3H3,(H,12,16). The average molecular weight is 242 g/mol. The Morgan fingerprint density at radius 2 is 2.38 bits per heavy atom. The molecular weight excluding hydrogens is 224 g/mol. The Balaban J connectivity index is 2.22. The summed E-state index contributed by atoms with van der Waals surface area (Å²) in [5.74, 6) is 0.914. The van der Waals surface area contributed by atoms with Gasteiger partial charge in [-0.1, -0.05) is 0 Å². The maximum atomic E-state index is 5.25. The third-order valence-electron chi connectivity index (χ3n) is 2.98. The van der Waals surface area contributed by atoms with Crippen LogP contribution in [-0.2, 0) is 4.74 Å². The van der Waals surface area contributed by atoms with Crippen LogP contribution in [0.15, 0.2) is 0 Å². The van der Waals surface area contributed by atoms with E-state index >= 15 is 0 Å². The summed E-state index contributed by atoms with van der Waals surface area (Å²) in [7, 11) is 3.73. The zero-order valence-electron chi connectivity index (χ0n) is 9.93. The second-order valence-electron chi connectivity index (χ2n) is 4.35. The average Bonchev–Trinajstić information content (AvgIpc) is 3.02. The van der Waals surface area contributed by atoms with Crippen LogP contribution in [-0.4, -0.2) is 41.6 Å². The Labute approximate surface area is 100 Å². The molecule has 0 aliphatic heterocycles. The van der Waals surface area contributed by atoms with Gasteiger partial charge in [0.1, 0.15) is 0 Å². The lowest BCUT2D eigenvalue weighted by Gasteiger charge is -2.25. The van der Waals surface area contributed by atoms with Crippen LogP contribution in [0.25, 0.3) is 0 Å². The van der Waals surface area contributed by atoms with E-state index in [1.165, 1.54) is 12.8 Å². The van der Waals surface area contributed by atoms with Gasteiger partial charge in [-0.05, 0) is 32.0 Å². The maximum Gasteiger partial charge on any atom is 0.226 e. The Morgan fingerprint density at radius 1 is 1.69 bits per heavy atom. The first-order chi connectivity index (χ1) is 7.65. The Hall–Kier alpha value is -0.880. The number of hydrogen-bond donors (Lipinski definition) is 1. The van der Waals surface area contributed by atoms with Gasteiger partial charge in [-0.25, -0.2) is 5.10 Å². The van der Waals surface area contributed by atoms with Crippen molar-refractivity contribution in [3.05, 3.63) is 4.77 Å². The minimum absolute atomic E-state index is 0.285. The van der Waals surface area contributed by atoms with E-state index in [4.69, 9.17) is 17.0 Å². The highest BCUT2D eigenvalue weighted by Gasteiger charge is 2.29. The molecule has 0 aromatic carbocycles. The number of ether oxygens (including phenoxy) is 1. The molecular formula is C10H18N4OS. The van der Waals surface area contributed by atoms with Crippen molar-refractivity contribution >= 4 is 18.2 Å². The second-order valence-corrected chi connectivity index (χ2v) is 4.73. The summed E-state index contributed by atoms with van der Waals surface area (Å²) in [6.45, 7) is 2.79. The van der Waals surface area contributed by atoms with Crippen molar-refractivity contribution in [2.24, 2.45) is 0 Å². The number of aromatic nitrogens is 3. The fourth-order valence-electron chi connectivity index (χ4n) is 1.76. The molecule has 1 aromatic heterocycles. The number of aromatic amines is 1. The first kappa shape index (κ1) is 11.6. The quantitative estimate of drug-likeness (QED) is 0.799. The Kier molecular flexibility index (Phi) is 3.30. The number of likely N-dealkylation sites (N-methyl/N-ethyl adjacent to an activating group) is 1. The highest BCUT2D eigenvalue weighted by Crippen LogP contribution is 2.37. The van der Waals surface area contributed by atoms with E-state index in [1.807, 2.05) is 7.05 Å². The zero-order valence-corrected chi connectivity index (χ0v) is 10.8. The van der Waals surface area contributed by atoms with Crippen LogP contribution in [0.2, 0.25) is 0 Å². The van der Waals surface area contributed by atoms with Crippen molar-refractivity contribution in [3.63, 3.8) is 0 Å². The van der Waals surface area contributed by atoms with E-state index in [2.05, 4.69) is 26.6 Å². The molecule has 1 fully saturated rings. The first-order valence-corrected chi connectivity index (χ1v) is 5.94. The van der Waals surface area contributed by atoms with Crippen LogP contribution in [0, 0.1) is 4.77 Å². The van der Waals surface area contributed by atoms with E-state index < -0.39 is 0 Å². The predicted octanol–water partition coefficient (Wildman–Crippen LogP) is 1.75. The van der Waals surface area contributed by atoms with Crippen molar-refractivity contribution < 1.29 is 4.74 Å². The number of H-pyrrole nitrogens is 1. The lowest BCUT2D eigenvalue weighted by atomic mass is 10.3. The number of nitrogens with one attached hydrogen (secondary N) is 1. The highest BCUT2D eigenvalue weighted by atomic mass is 32.1. The minimum atomic E-state index is 0.285. The maximum absolute atomic E-state index is 5.25. The van der Waals surface area contributed by atoms with Crippen LogP contribution >= 0.6 is 12.2 Å². The third-order valence-corrected chi connectivity index (χ3v) is 3.27. The summed E-state index contributed by atoms with van der Waals surface area (Å²) in [6.07, 6.45) is 2.40. The molecule has 6 heteroatoms. The van der Waals surface area contributed by atoms with Gasteiger partial charge in [0.15, 0.2) is 4.77 Å². The van der Waals surface area contributed by atoms with Crippen LogP contribution in [0.4, 0.5) is 5.95 Å². The molecule has 1 atom stereocenters. The molecule has 1 N–H and O–H groups in total. The van der Waals surface area contributed by atoms with Crippen molar-refractivity contribution in [1.29, 1.82) is 0 Å². The number of anilines is 1. The van der Waals surface area contributed by atoms with Crippen LogP contribution in [0.5, 0.6) is 0 Å². The molecule has 16 heavy (non-hydrogen) atoms. The lowest BCUT2D eigenvalue weighted by Crippen LogP contribution is -2.34. The van der Waals surface area contributed by atoms with E-state index in [0.717, 1.165) is 5.95 Å². The lowest BCUT2D eigenvalue weighted by molar-refractivity contribution is 0.182. The van der Waals surface area contributed by atoms with Gasteiger partial charge >= 0.3 is 0 Å². The van der Waals surface area contributed by atoms with Crippen molar-refractivity contribution in [2.45, 2.75) is 31.8 Å². The molecule has 1 aliphatic carbocycles. The van der Waals surface area contributed by atoms with Crippen molar-refractivity contribution in [2.75, 3.05) is 25.7 Å². The molecule has 5 nitrogen and oxygen atoms in total. The van der Waals surface area contributed by atoms with Gasteiger partial charge in [0.25, 0.3) is 0 Å². The summed E-state index contributed by atoms with van der Waals surface area (Å²) in [5.41, 5.74) is 0. The highest BCUT2D eigenvalue weighted by molar-refractivity contribution is 7.71. The van der Waals surface area contributed by atoms with Gasteiger partial charge in [0, 0.05) is 20.2 Å². The van der Waals surface area contributed by atoms with Gasteiger partial charge in [-0.2, -0.15) is 0 Å². The topological polar surface area (TPSA) is 46.1 Å². The Morgan fingerprint density at radius 3 is 2.94 bits per heavy atom. The minimum Gasteiger partial charge on any atom is -0.383 e. The molecule has 2 rings (SSSR count). The normalized spacial score (nSPS) is 17.4. The summed E-state index contributed by atoms with van der Waals surface area (Å²) in [5, 5.41) is 7.17. The summed E-state index contributed by atoms with van der Waals surface area (Å²) >= 11 is 5.25. The molecule has 0 spiro atoms. The van der Waals surface area contributed by atoms with Gasteiger partial charge < -0.3 is 9.64 Å². The number of hydrogen-bond acceptors (Lipinski definition) is 4. The number of methoxy groups -OCH3 is 1. The largest absolute Gasteiger partial charge is 0.383 e. The molecule has 0 radical (unpaired) electrons.